The number of amides is 1. The normalized spacial score (nSPS) is 13.0. The molecule has 0 aromatic carbocycles. The molecule has 7 nitrogen and oxygen atoms in total. The summed E-state index contributed by atoms with van der Waals surface area (Å²) in [5, 5.41) is 10.3. The Hall–Kier alpha value is -1.60. The molecule has 0 spiro atoms. The third kappa shape index (κ3) is 6.03. The summed E-state index contributed by atoms with van der Waals surface area (Å²) in [6.07, 6.45) is 2.21. The fourth-order valence-electron chi connectivity index (χ4n) is 1.95. The van der Waals surface area contributed by atoms with E-state index >= 15 is 0 Å². The van der Waals surface area contributed by atoms with Crippen molar-refractivity contribution in [2.75, 3.05) is 19.0 Å². The number of hydrogen-bond donors (Lipinski definition) is 2. The van der Waals surface area contributed by atoms with Crippen molar-refractivity contribution in [3.8, 4) is 0 Å². The Morgan fingerprint density at radius 2 is 2.14 bits per heavy atom. The van der Waals surface area contributed by atoms with Gasteiger partial charge >= 0.3 is 6.09 Å². The monoisotopic (exact) mass is 312 g/mol. The number of nitrogens with zero attached hydrogens (tertiary/aromatic N) is 2. The van der Waals surface area contributed by atoms with E-state index in [0.717, 1.165) is 12.0 Å². The molecule has 0 bridgehead atoms. The van der Waals surface area contributed by atoms with Crippen LogP contribution >= 0.6 is 0 Å². The van der Waals surface area contributed by atoms with Crippen molar-refractivity contribution in [1.29, 1.82) is 0 Å². The molecule has 126 valence electrons. The van der Waals surface area contributed by atoms with Crippen LogP contribution < -0.4 is 10.6 Å². The van der Waals surface area contributed by atoms with Crippen molar-refractivity contribution in [3.63, 3.8) is 0 Å². The molecule has 0 saturated heterocycles. The van der Waals surface area contributed by atoms with Crippen molar-refractivity contribution in [2.45, 2.75) is 52.3 Å². The van der Waals surface area contributed by atoms with E-state index in [9.17, 15) is 4.79 Å². The number of hydrogen-bond acceptors (Lipinski definition) is 5. The molecular weight excluding hydrogens is 284 g/mol. The van der Waals surface area contributed by atoms with Crippen LogP contribution in [0.4, 0.5) is 10.6 Å². The minimum atomic E-state index is -0.535. The average Bonchev–Trinajstić information content (AvgIpc) is 2.74. The molecule has 1 aromatic heterocycles. The van der Waals surface area contributed by atoms with Gasteiger partial charge in [-0.05, 0) is 27.2 Å². The highest BCUT2D eigenvalue weighted by molar-refractivity contribution is 5.84. The zero-order valence-electron chi connectivity index (χ0n) is 14.4. The molecule has 0 aliphatic carbocycles. The van der Waals surface area contributed by atoms with Gasteiger partial charge in [0.25, 0.3) is 0 Å². The van der Waals surface area contributed by atoms with Crippen LogP contribution in [0.1, 0.15) is 39.7 Å². The molecule has 1 unspecified atom stereocenters. The molecule has 0 fully saturated rings. The summed E-state index contributed by atoms with van der Waals surface area (Å²) >= 11 is 0. The van der Waals surface area contributed by atoms with Gasteiger partial charge in [0.05, 0.1) is 12.8 Å². The summed E-state index contributed by atoms with van der Waals surface area (Å²) in [6.45, 7) is 8.82. The van der Waals surface area contributed by atoms with Gasteiger partial charge in [-0.15, -0.1) is 0 Å². The summed E-state index contributed by atoms with van der Waals surface area (Å²) in [7, 11) is 3.46. The highest BCUT2D eigenvalue weighted by Gasteiger charge is 2.19. The molecule has 2 N–H and O–H groups in total. The van der Waals surface area contributed by atoms with Gasteiger partial charge in [-0.1, -0.05) is 6.92 Å². The molecule has 22 heavy (non-hydrogen) atoms. The maximum Gasteiger partial charge on any atom is 0.413 e. The smallest absolute Gasteiger partial charge is 0.413 e. The molecular formula is C15H28N4O3. The van der Waals surface area contributed by atoms with Gasteiger partial charge in [0.15, 0.2) is 0 Å². The zero-order chi connectivity index (χ0) is 16.8. The van der Waals surface area contributed by atoms with E-state index in [1.54, 1.807) is 25.0 Å². The van der Waals surface area contributed by atoms with Crippen LogP contribution in [0.2, 0.25) is 0 Å². The van der Waals surface area contributed by atoms with Gasteiger partial charge in [0.1, 0.15) is 11.4 Å². The molecule has 1 aromatic rings. The summed E-state index contributed by atoms with van der Waals surface area (Å²) in [4.78, 5) is 11.9. The summed E-state index contributed by atoms with van der Waals surface area (Å²) in [5.74, 6) is 0.633. The lowest BCUT2D eigenvalue weighted by Gasteiger charge is -2.20. The first kappa shape index (κ1) is 18.4. The maximum absolute atomic E-state index is 11.9. The number of rotatable bonds is 7. The van der Waals surface area contributed by atoms with E-state index < -0.39 is 11.7 Å². The second-order valence-electron chi connectivity index (χ2n) is 6.21. The summed E-state index contributed by atoms with van der Waals surface area (Å²) < 4.78 is 12.1. The first-order chi connectivity index (χ1) is 10.3. The number of aromatic nitrogens is 2. The Morgan fingerprint density at radius 1 is 1.45 bits per heavy atom. The largest absolute Gasteiger partial charge is 0.444 e. The Morgan fingerprint density at radius 3 is 2.68 bits per heavy atom. The van der Waals surface area contributed by atoms with Crippen LogP contribution in [0.5, 0.6) is 0 Å². The predicted molar refractivity (Wildman–Crippen MR) is 85.9 cm³/mol. The molecule has 0 aliphatic rings. The molecule has 1 heterocycles. The number of aryl methyl sites for hydroxylation is 1. The van der Waals surface area contributed by atoms with Crippen LogP contribution in [0.15, 0.2) is 6.20 Å². The molecule has 0 radical (unpaired) electrons. The summed E-state index contributed by atoms with van der Waals surface area (Å²) in [5.41, 5.74) is 0.371. The van der Waals surface area contributed by atoms with Gasteiger partial charge in [-0.2, -0.15) is 5.10 Å². The Labute approximate surface area is 132 Å². The SMILES string of the molecule is CCC(COC)NCc1cnn(C)c1NC(=O)OC(C)(C)C. The third-order valence-electron chi connectivity index (χ3n) is 3.08. The lowest BCUT2D eigenvalue weighted by atomic mass is 10.2. The van der Waals surface area contributed by atoms with Gasteiger partial charge in [0.2, 0.25) is 0 Å². The van der Waals surface area contributed by atoms with Crippen LogP contribution in [0, 0.1) is 0 Å². The highest BCUT2D eigenvalue weighted by Crippen LogP contribution is 2.16. The van der Waals surface area contributed by atoms with Crippen LogP contribution in [-0.4, -0.2) is 41.2 Å². The van der Waals surface area contributed by atoms with E-state index in [0.29, 0.717) is 19.0 Å². The van der Waals surface area contributed by atoms with Crippen molar-refractivity contribution >= 4 is 11.9 Å². The predicted octanol–water partition coefficient (Wildman–Crippen LogP) is 2.28. The molecule has 7 heteroatoms. The minimum Gasteiger partial charge on any atom is -0.444 e. The number of carbonyl (C=O) groups is 1. The van der Waals surface area contributed by atoms with Crippen molar-refractivity contribution in [1.82, 2.24) is 15.1 Å². The molecule has 1 amide bonds. The lowest BCUT2D eigenvalue weighted by Crippen LogP contribution is -2.32. The Bertz CT molecular complexity index is 480. The number of methoxy groups -OCH3 is 1. The first-order valence-electron chi connectivity index (χ1n) is 7.50. The fraction of sp³-hybridized carbons (Fsp3) is 0.733. The summed E-state index contributed by atoms with van der Waals surface area (Å²) in [6, 6.07) is 0.264. The average molecular weight is 312 g/mol. The van der Waals surface area contributed by atoms with Gasteiger partial charge < -0.3 is 14.8 Å². The van der Waals surface area contributed by atoms with Crippen LogP contribution in [0.25, 0.3) is 0 Å². The topological polar surface area (TPSA) is 77.4 Å². The van der Waals surface area contributed by atoms with Crippen molar-refractivity contribution in [3.05, 3.63) is 11.8 Å². The van der Waals surface area contributed by atoms with Crippen LogP contribution in [-0.2, 0) is 23.1 Å². The fourth-order valence-corrected chi connectivity index (χ4v) is 1.95. The Balaban J connectivity index is 2.68. The standard InChI is InChI=1S/C15H28N4O3/c1-7-12(10-21-6)16-8-11-9-17-19(5)13(11)18-14(20)22-15(2,3)4/h9,12,16H,7-8,10H2,1-6H3,(H,18,20). The quantitative estimate of drug-likeness (QED) is 0.807. The first-order valence-corrected chi connectivity index (χ1v) is 7.50. The van der Waals surface area contributed by atoms with E-state index in [2.05, 4.69) is 22.7 Å². The second-order valence-corrected chi connectivity index (χ2v) is 6.21. The van der Waals surface area contributed by atoms with E-state index in [1.807, 2.05) is 20.8 Å². The second kappa shape index (κ2) is 8.14. The number of nitrogens with one attached hydrogen (secondary N) is 2. The van der Waals surface area contributed by atoms with Gasteiger partial charge in [0, 0.05) is 32.3 Å². The number of ether oxygens (including phenoxy) is 2. The van der Waals surface area contributed by atoms with Crippen molar-refractivity contribution < 1.29 is 14.3 Å². The lowest BCUT2D eigenvalue weighted by molar-refractivity contribution is 0.0634. The van der Waals surface area contributed by atoms with Crippen molar-refractivity contribution in [2.24, 2.45) is 7.05 Å². The van der Waals surface area contributed by atoms with Gasteiger partial charge in [-0.3, -0.25) is 10.00 Å². The molecule has 0 aliphatic heterocycles. The number of anilines is 1. The van der Waals surface area contributed by atoms with Gasteiger partial charge in [-0.25, -0.2) is 4.79 Å². The zero-order valence-corrected chi connectivity index (χ0v) is 14.4. The molecule has 0 saturated carbocycles. The third-order valence-corrected chi connectivity index (χ3v) is 3.08. The molecule has 1 rings (SSSR count). The highest BCUT2D eigenvalue weighted by atomic mass is 16.6. The van der Waals surface area contributed by atoms with E-state index in [-0.39, 0.29) is 6.04 Å². The van der Waals surface area contributed by atoms with Crippen LogP contribution in [0.3, 0.4) is 0 Å². The number of carbonyl (C=O) groups excluding carboxylic acids is 1. The van der Waals surface area contributed by atoms with E-state index in [4.69, 9.17) is 9.47 Å². The Kier molecular flexibility index (Phi) is 6.83. The maximum atomic E-state index is 11.9. The molecule has 1 atom stereocenters. The van der Waals surface area contributed by atoms with E-state index in [1.165, 1.54) is 0 Å². The minimum absolute atomic E-state index is 0.264.